The van der Waals surface area contributed by atoms with Gasteiger partial charge in [0, 0.05) is 18.8 Å². The maximum atomic E-state index is 12.8. The molecule has 2 aromatic heterocycles. The maximum Gasteiger partial charge on any atom is 0.234 e. The van der Waals surface area contributed by atoms with Crippen molar-refractivity contribution in [2.24, 2.45) is 5.92 Å². The summed E-state index contributed by atoms with van der Waals surface area (Å²) in [5.74, 6) is 2.66. The standard InChI is InChI=1S/C24H31N5O2S/c1-4-19-8-5-7-18(3)22(19)25-21(30)16-32-24-27-26-23(28-12-10-17(2)11-13-28)29(24)15-20-9-6-14-31-20/h5-9,14,17H,4,10-13,15-16H2,1-3H3,(H,25,30). The molecule has 0 aliphatic carbocycles. The Kier molecular flexibility index (Phi) is 7.19. The molecule has 1 fully saturated rings. The van der Waals surface area contributed by atoms with E-state index in [2.05, 4.69) is 44.9 Å². The number of rotatable bonds is 8. The van der Waals surface area contributed by atoms with Crippen LogP contribution in [-0.4, -0.2) is 39.5 Å². The lowest BCUT2D eigenvalue weighted by Gasteiger charge is -2.31. The molecule has 0 saturated carbocycles. The summed E-state index contributed by atoms with van der Waals surface area (Å²) in [6.45, 7) is 8.89. The summed E-state index contributed by atoms with van der Waals surface area (Å²) >= 11 is 1.41. The number of hydrogen-bond donors (Lipinski definition) is 1. The average molecular weight is 454 g/mol. The van der Waals surface area contributed by atoms with Gasteiger partial charge in [-0.15, -0.1) is 10.2 Å². The van der Waals surface area contributed by atoms with Crippen molar-refractivity contribution in [3.63, 3.8) is 0 Å². The molecule has 32 heavy (non-hydrogen) atoms. The Morgan fingerprint density at radius 2 is 2.03 bits per heavy atom. The lowest BCUT2D eigenvalue weighted by atomic mass is 10.00. The van der Waals surface area contributed by atoms with E-state index < -0.39 is 0 Å². The Balaban J connectivity index is 1.49. The van der Waals surface area contributed by atoms with E-state index in [4.69, 9.17) is 4.42 Å². The second kappa shape index (κ2) is 10.3. The van der Waals surface area contributed by atoms with E-state index in [1.807, 2.05) is 31.2 Å². The van der Waals surface area contributed by atoms with E-state index in [0.717, 1.165) is 71.9 Å². The molecule has 1 aliphatic heterocycles. The zero-order valence-corrected chi connectivity index (χ0v) is 19.8. The number of nitrogens with one attached hydrogen (secondary N) is 1. The van der Waals surface area contributed by atoms with Crippen LogP contribution >= 0.6 is 11.8 Å². The minimum Gasteiger partial charge on any atom is -0.467 e. The smallest absolute Gasteiger partial charge is 0.234 e. The first-order chi connectivity index (χ1) is 15.5. The van der Waals surface area contributed by atoms with Gasteiger partial charge in [-0.3, -0.25) is 9.36 Å². The number of benzene rings is 1. The van der Waals surface area contributed by atoms with Crippen LogP contribution < -0.4 is 10.2 Å². The van der Waals surface area contributed by atoms with E-state index in [1.54, 1.807) is 6.26 Å². The predicted octanol–water partition coefficient (Wildman–Crippen LogP) is 4.76. The average Bonchev–Trinajstić information content (AvgIpc) is 3.45. The molecule has 1 aliphatic rings. The van der Waals surface area contributed by atoms with E-state index in [9.17, 15) is 4.79 Å². The van der Waals surface area contributed by atoms with Crippen molar-refractivity contribution in [3.8, 4) is 0 Å². The Bertz CT molecular complexity index is 1040. The zero-order valence-electron chi connectivity index (χ0n) is 19.0. The van der Waals surface area contributed by atoms with Crippen LogP contribution in [0.15, 0.2) is 46.2 Å². The number of nitrogens with zero attached hydrogens (tertiary/aromatic N) is 4. The van der Waals surface area contributed by atoms with Gasteiger partial charge in [-0.2, -0.15) is 0 Å². The number of aryl methyl sites for hydroxylation is 2. The molecular weight excluding hydrogens is 422 g/mol. The first-order valence-electron chi connectivity index (χ1n) is 11.3. The number of anilines is 2. The number of carbonyl (C=O) groups is 1. The fourth-order valence-corrected chi connectivity index (χ4v) is 4.77. The molecule has 0 radical (unpaired) electrons. The monoisotopic (exact) mass is 453 g/mol. The molecule has 3 aromatic rings. The highest BCUT2D eigenvalue weighted by atomic mass is 32.2. The van der Waals surface area contributed by atoms with Crippen LogP contribution in [0.2, 0.25) is 0 Å². The van der Waals surface area contributed by atoms with Crippen molar-refractivity contribution >= 4 is 29.3 Å². The molecule has 0 bridgehead atoms. The third-order valence-electron chi connectivity index (χ3n) is 5.99. The molecule has 3 heterocycles. The van der Waals surface area contributed by atoms with Gasteiger partial charge in [0.2, 0.25) is 11.9 Å². The van der Waals surface area contributed by atoms with E-state index in [1.165, 1.54) is 11.8 Å². The van der Waals surface area contributed by atoms with Gasteiger partial charge in [0.1, 0.15) is 5.76 Å². The minimum atomic E-state index is -0.0418. The second-order valence-corrected chi connectivity index (χ2v) is 9.36. The van der Waals surface area contributed by atoms with Crippen LogP contribution in [0.1, 0.15) is 43.6 Å². The van der Waals surface area contributed by atoms with Crippen molar-refractivity contribution in [2.75, 3.05) is 29.1 Å². The van der Waals surface area contributed by atoms with E-state index in [0.29, 0.717) is 6.54 Å². The number of para-hydroxylation sites is 1. The maximum absolute atomic E-state index is 12.8. The first-order valence-corrected chi connectivity index (χ1v) is 12.3. The normalized spacial score (nSPS) is 14.7. The highest BCUT2D eigenvalue weighted by Crippen LogP contribution is 2.28. The van der Waals surface area contributed by atoms with Gasteiger partial charge in [0.05, 0.1) is 18.6 Å². The third kappa shape index (κ3) is 5.18. The highest BCUT2D eigenvalue weighted by molar-refractivity contribution is 7.99. The van der Waals surface area contributed by atoms with Gasteiger partial charge in [-0.05, 0) is 55.4 Å². The number of amides is 1. The quantitative estimate of drug-likeness (QED) is 0.496. The van der Waals surface area contributed by atoms with Crippen LogP contribution in [0.3, 0.4) is 0 Å². The fourth-order valence-electron chi connectivity index (χ4n) is 4.03. The third-order valence-corrected chi connectivity index (χ3v) is 6.96. The Morgan fingerprint density at radius 3 is 2.75 bits per heavy atom. The fraction of sp³-hybridized carbons (Fsp3) is 0.458. The predicted molar refractivity (Wildman–Crippen MR) is 128 cm³/mol. The second-order valence-electron chi connectivity index (χ2n) is 8.42. The summed E-state index contributed by atoms with van der Waals surface area (Å²) in [4.78, 5) is 15.1. The van der Waals surface area contributed by atoms with Crippen LogP contribution in [0.4, 0.5) is 11.6 Å². The van der Waals surface area contributed by atoms with Gasteiger partial charge in [-0.1, -0.05) is 43.8 Å². The molecule has 1 saturated heterocycles. The molecule has 1 N–H and O–H groups in total. The topological polar surface area (TPSA) is 76.2 Å². The molecular formula is C24H31N5O2S. The summed E-state index contributed by atoms with van der Waals surface area (Å²) in [7, 11) is 0. The zero-order chi connectivity index (χ0) is 22.5. The lowest BCUT2D eigenvalue weighted by molar-refractivity contribution is -0.113. The molecule has 1 aromatic carbocycles. The summed E-state index contributed by atoms with van der Waals surface area (Å²) < 4.78 is 7.65. The number of hydrogen-bond acceptors (Lipinski definition) is 6. The van der Waals surface area contributed by atoms with Gasteiger partial charge >= 0.3 is 0 Å². The lowest BCUT2D eigenvalue weighted by Crippen LogP contribution is -2.35. The van der Waals surface area contributed by atoms with Gasteiger partial charge in [0.25, 0.3) is 0 Å². The molecule has 1 amide bonds. The number of carbonyl (C=O) groups excluding carboxylic acids is 1. The molecule has 4 rings (SSSR count). The number of thioether (sulfide) groups is 1. The van der Waals surface area contributed by atoms with Gasteiger partial charge < -0.3 is 14.6 Å². The summed E-state index contributed by atoms with van der Waals surface area (Å²) in [6.07, 6.45) is 4.85. The van der Waals surface area contributed by atoms with Gasteiger partial charge in [0.15, 0.2) is 5.16 Å². The molecule has 7 nitrogen and oxygen atoms in total. The van der Waals surface area contributed by atoms with Crippen molar-refractivity contribution in [1.29, 1.82) is 0 Å². The summed E-state index contributed by atoms with van der Waals surface area (Å²) in [5, 5.41) is 12.7. The van der Waals surface area contributed by atoms with Crippen molar-refractivity contribution in [3.05, 3.63) is 53.5 Å². The van der Waals surface area contributed by atoms with E-state index >= 15 is 0 Å². The van der Waals surface area contributed by atoms with Crippen molar-refractivity contribution < 1.29 is 9.21 Å². The number of piperidine rings is 1. The molecule has 0 unspecified atom stereocenters. The van der Waals surface area contributed by atoms with Crippen molar-refractivity contribution in [1.82, 2.24) is 14.8 Å². The van der Waals surface area contributed by atoms with E-state index in [-0.39, 0.29) is 11.7 Å². The van der Waals surface area contributed by atoms with Crippen LogP contribution in [0.25, 0.3) is 0 Å². The number of furan rings is 1. The SMILES string of the molecule is CCc1cccc(C)c1NC(=O)CSc1nnc(N2CCC(C)CC2)n1Cc1ccco1. The molecule has 0 spiro atoms. The van der Waals surface area contributed by atoms with Crippen LogP contribution in [0.5, 0.6) is 0 Å². The van der Waals surface area contributed by atoms with Gasteiger partial charge in [-0.25, -0.2) is 0 Å². The Morgan fingerprint density at radius 1 is 1.22 bits per heavy atom. The van der Waals surface area contributed by atoms with Crippen LogP contribution in [-0.2, 0) is 17.8 Å². The largest absolute Gasteiger partial charge is 0.467 e. The minimum absolute atomic E-state index is 0.0418. The van der Waals surface area contributed by atoms with Crippen LogP contribution in [0, 0.1) is 12.8 Å². The molecule has 170 valence electrons. The van der Waals surface area contributed by atoms with Crippen molar-refractivity contribution in [2.45, 2.75) is 51.7 Å². The molecule has 8 heteroatoms. The first kappa shape index (κ1) is 22.5. The highest BCUT2D eigenvalue weighted by Gasteiger charge is 2.24. The molecule has 0 atom stereocenters. The Labute approximate surface area is 193 Å². The number of aromatic nitrogens is 3. The Hall–Kier alpha value is -2.74. The summed E-state index contributed by atoms with van der Waals surface area (Å²) in [6, 6.07) is 9.94. The summed E-state index contributed by atoms with van der Waals surface area (Å²) in [5.41, 5.74) is 3.14.